The molecule has 12 nitrogen and oxygen atoms in total. The molecule has 2 aliphatic rings. The molecule has 1 saturated carbocycles. The third kappa shape index (κ3) is 5.16. The van der Waals surface area contributed by atoms with Gasteiger partial charge in [0.05, 0.1) is 24.5 Å². The molecule has 4 heterocycles. The van der Waals surface area contributed by atoms with Crippen LogP contribution >= 0.6 is 0 Å². The molecule has 2 fully saturated rings. The molecule has 1 saturated heterocycles. The Morgan fingerprint density at radius 2 is 1.89 bits per heavy atom. The first kappa shape index (κ1) is 23.7. The molecule has 0 atom stereocenters. The van der Waals surface area contributed by atoms with Crippen molar-refractivity contribution in [3.05, 3.63) is 30.2 Å². The van der Waals surface area contributed by atoms with Crippen molar-refractivity contribution in [3.8, 4) is 6.07 Å². The number of amides is 1. The topological polar surface area (TPSA) is 137 Å². The van der Waals surface area contributed by atoms with E-state index in [-0.39, 0.29) is 12.1 Å². The van der Waals surface area contributed by atoms with Gasteiger partial charge in [0.25, 0.3) is 0 Å². The number of hydrogen-bond acceptors (Lipinski definition) is 10. The number of piperazine rings is 1. The van der Waals surface area contributed by atoms with Crippen molar-refractivity contribution in [2.45, 2.75) is 37.8 Å². The van der Waals surface area contributed by atoms with Crippen LogP contribution in [0, 0.1) is 11.3 Å². The molecular weight excluding hydrogens is 460 g/mol. The zero-order valence-electron chi connectivity index (χ0n) is 20.5. The molecule has 2 N–H and O–H groups in total. The van der Waals surface area contributed by atoms with Gasteiger partial charge in [-0.3, -0.25) is 9.58 Å². The van der Waals surface area contributed by atoms with E-state index >= 15 is 0 Å². The molecule has 3 aromatic rings. The van der Waals surface area contributed by atoms with Crippen LogP contribution in [-0.2, 0) is 11.8 Å². The van der Waals surface area contributed by atoms with Gasteiger partial charge in [-0.05, 0) is 37.8 Å². The fourth-order valence-electron chi connectivity index (χ4n) is 5.03. The zero-order chi connectivity index (χ0) is 25.1. The Bertz CT molecular complexity index is 1270. The molecule has 0 radical (unpaired) electrons. The number of hydrogen-bond donors (Lipinski definition) is 2. The molecule has 188 valence electrons. The average molecular weight is 491 g/mol. The molecule has 3 aromatic heterocycles. The van der Waals surface area contributed by atoms with Crippen molar-refractivity contribution < 1.29 is 9.53 Å². The van der Waals surface area contributed by atoms with E-state index in [1.165, 1.54) is 7.11 Å². The summed E-state index contributed by atoms with van der Waals surface area (Å²) in [7, 11) is 3.28. The predicted octanol–water partition coefficient (Wildman–Crippen LogP) is 2.48. The number of aromatic nitrogens is 5. The van der Waals surface area contributed by atoms with Crippen LogP contribution in [0.3, 0.4) is 0 Å². The van der Waals surface area contributed by atoms with E-state index in [9.17, 15) is 10.1 Å². The van der Waals surface area contributed by atoms with Crippen molar-refractivity contribution in [2.24, 2.45) is 7.05 Å². The lowest BCUT2D eigenvalue weighted by Gasteiger charge is -2.41. The number of fused-ring (bicyclic) bond motifs is 1. The first-order valence-corrected chi connectivity index (χ1v) is 12.2. The van der Waals surface area contributed by atoms with Crippen LogP contribution in [0.15, 0.2) is 24.5 Å². The second-order valence-corrected chi connectivity index (χ2v) is 9.24. The summed E-state index contributed by atoms with van der Waals surface area (Å²) in [4.78, 5) is 29.8. The van der Waals surface area contributed by atoms with Gasteiger partial charge >= 0.3 is 6.09 Å². The van der Waals surface area contributed by atoms with Gasteiger partial charge in [0.2, 0.25) is 5.95 Å². The van der Waals surface area contributed by atoms with E-state index in [4.69, 9.17) is 9.72 Å². The second kappa shape index (κ2) is 10.3. The van der Waals surface area contributed by atoms with Crippen LogP contribution in [0.4, 0.5) is 22.2 Å². The quantitative estimate of drug-likeness (QED) is 0.549. The number of anilines is 3. The minimum absolute atomic E-state index is 0.245. The minimum Gasteiger partial charge on any atom is -0.453 e. The Kier molecular flexibility index (Phi) is 6.81. The van der Waals surface area contributed by atoms with Crippen molar-refractivity contribution in [1.82, 2.24) is 34.5 Å². The molecule has 5 rings (SSSR count). The van der Waals surface area contributed by atoms with E-state index in [2.05, 4.69) is 36.7 Å². The largest absolute Gasteiger partial charge is 0.453 e. The van der Waals surface area contributed by atoms with Crippen LogP contribution in [0.5, 0.6) is 0 Å². The lowest BCUT2D eigenvalue weighted by atomic mass is 9.89. The summed E-state index contributed by atoms with van der Waals surface area (Å²) in [5.74, 6) is 1.07. The number of nitrogens with one attached hydrogen (secondary N) is 2. The van der Waals surface area contributed by atoms with Crippen molar-refractivity contribution in [1.29, 1.82) is 5.26 Å². The Morgan fingerprint density at radius 3 is 2.56 bits per heavy atom. The highest BCUT2D eigenvalue weighted by atomic mass is 16.5. The number of carbonyl (C=O) groups is 1. The van der Waals surface area contributed by atoms with E-state index in [0.29, 0.717) is 47.6 Å². The molecule has 0 aromatic carbocycles. The van der Waals surface area contributed by atoms with Gasteiger partial charge < -0.3 is 20.3 Å². The Balaban J connectivity index is 1.27. The highest BCUT2D eigenvalue weighted by Crippen LogP contribution is 2.29. The Morgan fingerprint density at radius 1 is 1.11 bits per heavy atom. The summed E-state index contributed by atoms with van der Waals surface area (Å²) >= 11 is 0. The third-order valence-corrected chi connectivity index (χ3v) is 6.92. The first-order chi connectivity index (χ1) is 17.5. The van der Waals surface area contributed by atoms with E-state index in [1.807, 2.05) is 13.2 Å². The van der Waals surface area contributed by atoms with Gasteiger partial charge in [-0.2, -0.15) is 15.3 Å². The monoisotopic (exact) mass is 490 g/mol. The van der Waals surface area contributed by atoms with Gasteiger partial charge in [-0.1, -0.05) is 0 Å². The van der Waals surface area contributed by atoms with Crippen LogP contribution in [-0.4, -0.2) is 86.0 Å². The first-order valence-electron chi connectivity index (χ1n) is 12.2. The fraction of sp³-hybridized carbons (Fsp3) is 0.500. The number of carbonyl (C=O) groups excluding carboxylic acids is 1. The second-order valence-electron chi connectivity index (χ2n) is 9.24. The van der Waals surface area contributed by atoms with E-state index in [1.54, 1.807) is 27.9 Å². The molecule has 0 bridgehead atoms. The lowest BCUT2D eigenvalue weighted by molar-refractivity contribution is 0.0642. The molecule has 1 aliphatic carbocycles. The minimum atomic E-state index is -0.245. The lowest BCUT2D eigenvalue weighted by Crippen LogP contribution is -2.53. The standard InChI is InChI=1S/C24H30N10O2/c1-32-15-18(14-26-32)29-23-30-20-8-5-17(13-25)27-21(20)22(31-23)28-16-3-6-19(7-4-16)33-9-11-34(12-10-33)24(35)36-2/h5,8,14-16,19H,3-4,6-7,9-12H2,1-2H3,(H2,28,29,30,31). The number of rotatable bonds is 5. The zero-order valence-corrected chi connectivity index (χ0v) is 20.5. The van der Waals surface area contributed by atoms with Gasteiger partial charge in [0.1, 0.15) is 17.3 Å². The molecular formula is C24H30N10O2. The Hall–Kier alpha value is -3.98. The van der Waals surface area contributed by atoms with Crippen LogP contribution in [0.2, 0.25) is 0 Å². The van der Waals surface area contributed by atoms with E-state index < -0.39 is 0 Å². The highest BCUT2D eigenvalue weighted by molar-refractivity contribution is 5.87. The predicted molar refractivity (Wildman–Crippen MR) is 134 cm³/mol. The van der Waals surface area contributed by atoms with Gasteiger partial charge in [-0.15, -0.1) is 0 Å². The number of nitriles is 1. The van der Waals surface area contributed by atoms with Crippen LogP contribution in [0.25, 0.3) is 11.0 Å². The number of ether oxygens (including phenoxy) is 1. The highest BCUT2D eigenvalue weighted by Gasteiger charge is 2.30. The smallest absolute Gasteiger partial charge is 0.409 e. The molecule has 1 aliphatic heterocycles. The number of pyridine rings is 1. The van der Waals surface area contributed by atoms with Crippen LogP contribution in [0.1, 0.15) is 31.4 Å². The SMILES string of the molecule is COC(=O)N1CCN(C2CCC(Nc3nc(Nc4cnn(C)c4)nc4ccc(C#N)nc34)CC2)CC1. The summed E-state index contributed by atoms with van der Waals surface area (Å²) < 4.78 is 6.55. The summed E-state index contributed by atoms with van der Waals surface area (Å²) in [6, 6.07) is 6.32. The summed E-state index contributed by atoms with van der Waals surface area (Å²) in [5.41, 5.74) is 2.37. The van der Waals surface area contributed by atoms with Crippen molar-refractivity contribution in [3.63, 3.8) is 0 Å². The van der Waals surface area contributed by atoms with Gasteiger partial charge in [-0.25, -0.2) is 14.8 Å². The summed E-state index contributed by atoms with van der Waals surface area (Å²) in [5, 5.41) is 20.3. The maximum Gasteiger partial charge on any atom is 0.409 e. The molecule has 1 amide bonds. The number of methoxy groups -OCH3 is 1. The van der Waals surface area contributed by atoms with Gasteiger partial charge in [0.15, 0.2) is 5.82 Å². The molecule has 36 heavy (non-hydrogen) atoms. The number of nitrogens with zero attached hydrogens (tertiary/aromatic N) is 8. The van der Waals surface area contributed by atoms with E-state index in [0.717, 1.165) is 44.5 Å². The maximum absolute atomic E-state index is 11.8. The molecule has 12 heteroatoms. The van der Waals surface area contributed by atoms with Gasteiger partial charge in [0, 0.05) is 51.5 Å². The summed E-state index contributed by atoms with van der Waals surface area (Å²) in [6.07, 6.45) is 7.44. The van der Waals surface area contributed by atoms with Crippen molar-refractivity contribution in [2.75, 3.05) is 43.9 Å². The number of aryl methyl sites for hydroxylation is 1. The fourth-order valence-corrected chi connectivity index (χ4v) is 5.03. The normalized spacial score (nSPS) is 20.6. The molecule has 0 spiro atoms. The summed E-state index contributed by atoms with van der Waals surface area (Å²) in [6.45, 7) is 3.16. The Labute approximate surface area is 209 Å². The van der Waals surface area contributed by atoms with Crippen molar-refractivity contribution >= 4 is 34.6 Å². The average Bonchev–Trinajstić information content (AvgIpc) is 3.32. The maximum atomic E-state index is 11.8. The molecule has 0 unspecified atom stereocenters. The third-order valence-electron chi connectivity index (χ3n) is 6.92. The van der Waals surface area contributed by atoms with Crippen LogP contribution < -0.4 is 10.6 Å².